The molecule has 0 amide bonds. The van der Waals surface area contributed by atoms with Crippen molar-refractivity contribution in [2.75, 3.05) is 7.11 Å². The van der Waals surface area contributed by atoms with Crippen LogP contribution in [0, 0.1) is 20.8 Å². The van der Waals surface area contributed by atoms with Gasteiger partial charge in [-0.25, -0.2) is 14.5 Å². The molecule has 0 saturated heterocycles. The van der Waals surface area contributed by atoms with Crippen LogP contribution in [-0.4, -0.2) is 32.2 Å². The van der Waals surface area contributed by atoms with Gasteiger partial charge in [0.15, 0.2) is 11.4 Å². The first-order valence-corrected chi connectivity index (χ1v) is 12.3. The van der Waals surface area contributed by atoms with E-state index in [0.717, 1.165) is 22.5 Å². The average Bonchev–Trinajstić information content (AvgIpc) is 3.29. The van der Waals surface area contributed by atoms with Crippen molar-refractivity contribution in [3.8, 4) is 22.7 Å². The standard InChI is InChI=1S/C29H25ClN4O4/c1-17-10-11-22(30)15-24(17)34-18(2)13-23(32-34)26-19(3)31-27-25(9-6-12-33(27)28(26)35)38-16-20-7-5-8-21(14-20)29(36)37-4/h5-15H,16H2,1-4H3. The number of hydrogen-bond donors (Lipinski definition) is 0. The molecule has 3 heterocycles. The quantitative estimate of drug-likeness (QED) is 0.271. The van der Waals surface area contributed by atoms with Crippen molar-refractivity contribution in [2.24, 2.45) is 0 Å². The average molecular weight is 529 g/mol. The second kappa shape index (κ2) is 10.1. The molecule has 192 valence electrons. The van der Waals surface area contributed by atoms with Crippen molar-refractivity contribution in [1.82, 2.24) is 19.2 Å². The van der Waals surface area contributed by atoms with Crippen molar-refractivity contribution in [3.05, 3.63) is 110 Å². The van der Waals surface area contributed by atoms with E-state index in [1.807, 2.05) is 44.2 Å². The zero-order valence-electron chi connectivity index (χ0n) is 21.4. The predicted octanol–water partition coefficient (Wildman–Crippen LogP) is 5.49. The minimum absolute atomic E-state index is 0.184. The van der Waals surface area contributed by atoms with Crippen molar-refractivity contribution in [3.63, 3.8) is 0 Å². The summed E-state index contributed by atoms with van der Waals surface area (Å²) in [5.74, 6) is 0.0237. The Balaban J connectivity index is 1.52. The highest BCUT2D eigenvalue weighted by Gasteiger charge is 2.19. The molecule has 0 bridgehead atoms. The van der Waals surface area contributed by atoms with Crippen LogP contribution in [0.5, 0.6) is 5.75 Å². The fourth-order valence-corrected chi connectivity index (χ4v) is 4.54. The zero-order valence-corrected chi connectivity index (χ0v) is 22.1. The van der Waals surface area contributed by atoms with E-state index in [1.165, 1.54) is 11.5 Å². The summed E-state index contributed by atoms with van der Waals surface area (Å²) in [6.07, 6.45) is 1.66. The Morgan fingerprint density at radius 1 is 1.03 bits per heavy atom. The van der Waals surface area contributed by atoms with Crippen LogP contribution in [-0.2, 0) is 11.3 Å². The number of fused-ring (bicyclic) bond motifs is 1. The predicted molar refractivity (Wildman–Crippen MR) is 145 cm³/mol. The third-order valence-corrected chi connectivity index (χ3v) is 6.52. The molecule has 0 fully saturated rings. The largest absolute Gasteiger partial charge is 0.485 e. The molecule has 0 radical (unpaired) electrons. The van der Waals surface area contributed by atoms with Gasteiger partial charge >= 0.3 is 5.97 Å². The Hall–Kier alpha value is -4.43. The van der Waals surface area contributed by atoms with Crippen molar-refractivity contribution < 1.29 is 14.3 Å². The monoisotopic (exact) mass is 528 g/mol. The summed E-state index contributed by atoms with van der Waals surface area (Å²) in [5.41, 5.74) is 5.54. The molecule has 0 atom stereocenters. The molecule has 0 aliphatic rings. The highest BCUT2D eigenvalue weighted by Crippen LogP contribution is 2.26. The highest BCUT2D eigenvalue weighted by atomic mass is 35.5. The number of benzene rings is 2. The maximum atomic E-state index is 13.7. The Morgan fingerprint density at radius 3 is 2.63 bits per heavy atom. The Morgan fingerprint density at radius 2 is 1.84 bits per heavy atom. The molecule has 5 aromatic rings. The topological polar surface area (TPSA) is 87.7 Å². The SMILES string of the molecule is COC(=O)c1cccc(COc2cccn3c(=O)c(-c4cc(C)n(-c5cc(Cl)ccc5C)n4)c(C)nc23)c1. The van der Waals surface area contributed by atoms with Gasteiger partial charge in [0.05, 0.1) is 29.6 Å². The van der Waals surface area contributed by atoms with Crippen LogP contribution < -0.4 is 10.3 Å². The highest BCUT2D eigenvalue weighted by molar-refractivity contribution is 6.30. The van der Waals surface area contributed by atoms with Gasteiger partial charge in [-0.1, -0.05) is 29.8 Å². The summed E-state index contributed by atoms with van der Waals surface area (Å²) in [5, 5.41) is 5.35. The minimum atomic E-state index is -0.420. The lowest BCUT2D eigenvalue weighted by atomic mass is 10.1. The lowest BCUT2D eigenvalue weighted by Gasteiger charge is -2.12. The lowest BCUT2D eigenvalue weighted by Crippen LogP contribution is -2.19. The number of carbonyl (C=O) groups is 1. The molecule has 0 unspecified atom stereocenters. The van der Waals surface area contributed by atoms with Gasteiger partial charge in [-0.05, 0) is 74.4 Å². The van der Waals surface area contributed by atoms with Crippen LogP contribution in [0.4, 0.5) is 0 Å². The number of hydrogen-bond acceptors (Lipinski definition) is 6. The number of aryl methyl sites for hydroxylation is 3. The number of rotatable bonds is 6. The first kappa shape index (κ1) is 25.2. The van der Waals surface area contributed by atoms with E-state index < -0.39 is 5.97 Å². The summed E-state index contributed by atoms with van der Waals surface area (Å²) in [6, 6.07) is 18.0. The van der Waals surface area contributed by atoms with Gasteiger partial charge in [-0.3, -0.25) is 9.20 Å². The molecule has 0 N–H and O–H groups in total. The number of pyridine rings is 1. The van der Waals surface area contributed by atoms with Crippen LogP contribution >= 0.6 is 11.6 Å². The van der Waals surface area contributed by atoms with E-state index in [4.69, 9.17) is 31.2 Å². The normalized spacial score (nSPS) is 11.1. The zero-order chi connectivity index (χ0) is 27.0. The van der Waals surface area contributed by atoms with Crippen LogP contribution in [0.3, 0.4) is 0 Å². The molecular weight excluding hydrogens is 504 g/mol. The van der Waals surface area contributed by atoms with Gasteiger partial charge in [0.1, 0.15) is 12.3 Å². The maximum Gasteiger partial charge on any atom is 0.337 e. The second-order valence-electron chi connectivity index (χ2n) is 8.94. The first-order valence-electron chi connectivity index (χ1n) is 11.9. The van der Waals surface area contributed by atoms with Gasteiger partial charge < -0.3 is 9.47 Å². The van der Waals surface area contributed by atoms with E-state index >= 15 is 0 Å². The fraction of sp³-hybridized carbons (Fsp3) is 0.172. The Labute approximate surface area is 224 Å². The van der Waals surface area contributed by atoms with E-state index in [2.05, 4.69) is 0 Å². The summed E-state index contributed by atoms with van der Waals surface area (Å²) in [6.45, 7) is 5.88. The van der Waals surface area contributed by atoms with Crippen LogP contribution in [0.1, 0.15) is 32.9 Å². The number of halogens is 1. The van der Waals surface area contributed by atoms with Crippen LogP contribution in [0.15, 0.2) is 71.7 Å². The van der Waals surface area contributed by atoms with Crippen LogP contribution in [0.25, 0.3) is 22.6 Å². The molecule has 8 nitrogen and oxygen atoms in total. The molecular formula is C29H25ClN4O4. The van der Waals surface area contributed by atoms with E-state index in [1.54, 1.807) is 48.1 Å². The molecule has 38 heavy (non-hydrogen) atoms. The van der Waals surface area contributed by atoms with Gasteiger partial charge in [0, 0.05) is 16.9 Å². The fourth-order valence-electron chi connectivity index (χ4n) is 4.37. The number of carbonyl (C=O) groups excluding carboxylic acids is 1. The third-order valence-electron chi connectivity index (χ3n) is 6.28. The van der Waals surface area contributed by atoms with Crippen molar-refractivity contribution in [2.45, 2.75) is 27.4 Å². The first-order chi connectivity index (χ1) is 18.3. The minimum Gasteiger partial charge on any atom is -0.485 e. The van der Waals surface area contributed by atoms with Gasteiger partial charge in [-0.2, -0.15) is 5.10 Å². The molecule has 0 aliphatic heterocycles. The van der Waals surface area contributed by atoms with E-state index in [0.29, 0.717) is 38.9 Å². The maximum absolute atomic E-state index is 13.7. The van der Waals surface area contributed by atoms with Gasteiger partial charge in [-0.15, -0.1) is 0 Å². The Kier molecular flexibility index (Phi) is 6.73. The molecule has 0 spiro atoms. The summed E-state index contributed by atoms with van der Waals surface area (Å²) < 4.78 is 14.1. The summed E-state index contributed by atoms with van der Waals surface area (Å²) >= 11 is 6.23. The van der Waals surface area contributed by atoms with Gasteiger partial charge in [0.2, 0.25) is 0 Å². The summed E-state index contributed by atoms with van der Waals surface area (Å²) in [4.78, 5) is 30.2. The molecule has 5 rings (SSSR count). The lowest BCUT2D eigenvalue weighted by molar-refractivity contribution is 0.0600. The number of methoxy groups -OCH3 is 1. The van der Waals surface area contributed by atoms with Crippen LogP contribution in [0.2, 0.25) is 5.02 Å². The molecule has 9 heteroatoms. The van der Waals surface area contributed by atoms with E-state index in [9.17, 15) is 9.59 Å². The molecule has 2 aromatic carbocycles. The molecule has 3 aromatic heterocycles. The van der Waals surface area contributed by atoms with Crippen molar-refractivity contribution >= 4 is 23.2 Å². The third kappa shape index (κ3) is 4.66. The molecule has 0 saturated carbocycles. The van der Waals surface area contributed by atoms with E-state index in [-0.39, 0.29) is 12.2 Å². The number of nitrogens with zero attached hydrogens (tertiary/aromatic N) is 4. The summed E-state index contributed by atoms with van der Waals surface area (Å²) in [7, 11) is 1.34. The van der Waals surface area contributed by atoms with Gasteiger partial charge in [0.25, 0.3) is 5.56 Å². The number of ether oxygens (including phenoxy) is 2. The number of esters is 1. The van der Waals surface area contributed by atoms with Crippen molar-refractivity contribution in [1.29, 1.82) is 0 Å². The molecule has 0 aliphatic carbocycles. The second-order valence-corrected chi connectivity index (χ2v) is 9.37. The smallest absolute Gasteiger partial charge is 0.337 e. The number of aromatic nitrogens is 4. The Bertz CT molecular complexity index is 1760.